The van der Waals surface area contributed by atoms with Crippen LogP contribution >= 0.6 is 11.6 Å². The Kier molecular flexibility index (Phi) is 3.84. The molecule has 1 saturated carbocycles. The Morgan fingerprint density at radius 3 is 3.00 bits per heavy atom. The molecule has 24 heavy (non-hydrogen) atoms. The highest BCUT2D eigenvalue weighted by atomic mass is 35.5. The van der Waals surface area contributed by atoms with Crippen LogP contribution < -0.4 is 5.32 Å². The minimum Gasteiger partial charge on any atom is -0.383 e. The van der Waals surface area contributed by atoms with Gasteiger partial charge in [-0.25, -0.2) is 9.97 Å². The van der Waals surface area contributed by atoms with Gasteiger partial charge in [0.05, 0.1) is 19.1 Å². The Hall–Kier alpha value is -2.22. The fourth-order valence-electron chi connectivity index (χ4n) is 3.48. The average Bonchev–Trinajstić information content (AvgIpc) is 3.25. The van der Waals surface area contributed by atoms with Gasteiger partial charge in [-0.05, 0) is 31.4 Å². The number of halogens is 1. The third kappa shape index (κ3) is 2.60. The van der Waals surface area contributed by atoms with E-state index in [2.05, 4.69) is 35.3 Å². The monoisotopic (exact) mass is 346 g/mol. The number of rotatable bonds is 4. The van der Waals surface area contributed by atoms with Gasteiger partial charge in [0.2, 0.25) is 0 Å². The van der Waals surface area contributed by atoms with Gasteiger partial charge in [0.25, 0.3) is 0 Å². The van der Waals surface area contributed by atoms with Crippen molar-refractivity contribution in [2.45, 2.75) is 38.1 Å². The highest BCUT2D eigenvalue weighted by molar-refractivity contribution is 6.30. The van der Waals surface area contributed by atoms with Gasteiger partial charge in [-0.1, -0.05) is 11.6 Å². The number of hydrogen-bond acceptors (Lipinski definition) is 6. The number of pyridine rings is 1. The quantitative estimate of drug-likeness (QED) is 0.730. The number of nitrogens with one attached hydrogen (secondary N) is 1. The summed E-state index contributed by atoms with van der Waals surface area (Å²) in [5.41, 5.74) is 2.62. The lowest BCUT2D eigenvalue weighted by Gasteiger charge is -2.13. The van der Waals surface area contributed by atoms with Crippen molar-refractivity contribution in [3.05, 3.63) is 23.4 Å². The second-order valence-electron chi connectivity index (χ2n) is 6.15. The van der Waals surface area contributed by atoms with E-state index in [1.807, 2.05) is 19.3 Å². The molecule has 3 aromatic rings. The molecule has 0 amide bonds. The van der Waals surface area contributed by atoms with Gasteiger partial charge < -0.3 is 9.88 Å². The molecule has 8 nitrogen and oxygen atoms in total. The van der Waals surface area contributed by atoms with Gasteiger partial charge >= 0.3 is 0 Å². The fourth-order valence-corrected chi connectivity index (χ4v) is 3.66. The van der Waals surface area contributed by atoms with Crippen LogP contribution in [0, 0.1) is 0 Å². The second kappa shape index (κ2) is 6.01. The molecule has 9 heteroatoms. The van der Waals surface area contributed by atoms with Crippen LogP contribution in [0.5, 0.6) is 0 Å². The summed E-state index contributed by atoms with van der Waals surface area (Å²) in [4.78, 5) is 10.6. The number of imidazole rings is 1. The molecule has 1 aliphatic carbocycles. The van der Waals surface area contributed by atoms with E-state index in [4.69, 9.17) is 11.6 Å². The highest BCUT2D eigenvalue weighted by Gasteiger charge is 2.31. The van der Waals surface area contributed by atoms with Crippen LogP contribution in [-0.2, 0) is 7.05 Å². The first-order chi connectivity index (χ1) is 11.7. The van der Waals surface area contributed by atoms with Crippen LogP contribution in [0.15, 0.2) is 12.4 Å². The van der Waals surface area contributed by atoms with Gasteiger partial charge in [0.15, 0.2) is 11.5 Å². The largest absolute Gasteiger partial charge is 0.383 e. The average molecular weight is 347 g/mol. The van der Waals surface area contributed by atoms with E-state index in [0.717, 1.165) is 48.5 Å². The molecule has 0 aromatic carbocycles. The molecule has 2 unspecified atom stereocenters. The van der Waals surface area contributed by atoms with E-state index in [9.17, 15) is 0 Å². The Balaban J connectivity index is 1.65. The van der Waals surface area contributed by atoms with Crippen molar-refractivity contribution in [3.63, 3.8) is 0 Å². The molecule has 4 rings (SSSR count). The van der Waals surface area contributed by atoms with Crippen molar-refractivity contribution in [2.75, 3.05) is 11.9 Å². The fraction of sp³-hybridized carbons (Fsp3) is 0.533. The van der Waals surface area contributed by atoms with E-state index in [1.54, 1.807) is 7.05 Å². The summed E-state index contributed by atoms with van der Waals surface area (Å²) in [6, 6.07) is 2.15. The summed E-state index contributed by atoms with van der Waals surface area (Å²) < 4.78 is 2.14. The number of tetrazole rings is 1. The zero-order chi connectivity index (χ0) is 16.7. The molecule has 0 saturated heterocycles. The Morgan fingerprint density at radius 2 is 2.25 bits per heavy atom. The van der Waals surface area contributed by atoms with Crippen LogP contribution in [0.25, 0.3) is 11.2 Å². The first-order valence-corrected chi connectivity index (χ1v) is 8.54. The van der Waals surface area contributed by atoms with Crippen LogP contribution in [0.2, 0.25) is 5.15 Å². The third-order valence-corrected chi connectivity index (χ3v) is 4.75. The summed E-state index contributed by atoms with van der Waals surface area (Å²) in [7, 11) is 1.79. The number of anilines is 1. The molecule has 0 bridgehead atoms. The summed E-state index contributed by atoms with van der Waals surface area (Å²) in [6.07, 6.45) is 4.91. The van der Waals surface area contributed by atoms with Crippen molar-refractivity contribution in [2.24, 2.45) is 7.05 Å². The first-order valence-electron chi connectivity index (χ1n) is 8.16. The van der Waals surface area contributed by atoms with E-state index in [-0.39, 0.29) is 0 Å². The minimum absolute atomic E-state index is 0.323. The number of hydrogen-bond donors (Lipinski definition) is 1. The van der Waals surface area contributed by atoms with Gasteiger partial charge in [0.1, 0.15) is 10.7 Å². The number of aromatic nitrogens is 7. The molecule has 1 aliphatic rings. The second-order valence-corrected chi connectivity index (χ2v) is 6.54. The van der Waals surface area contributed by atoms with Crippen LogP contribution in [0.1, 0.15) is 44.0 Å². The van der Waals surface area contributed by atoms with Crippen molar-refractivity contribution >= 4 is 28.5 Å². The van der Waals surface area contributed by atoms with Gasteiger partial charge in [-0.2, -0.15) is 4.80 Å². The molecule has 0 spiro atoms. The maximum atomic E-state index is 6.20. The Morgan fingerprint density at radius 1 is 1.38 bits per heavy atom. The molecule has 1 N–H and O–H groups in total. The SMILES string of the molecule is CCNc1cc(Cl)nc2c1ncn2C1CCC(c2nnn(C)n2)C1. The smallest absolute Gasteiger partial charge is 0.177 e. The molecule has 126 valence electrons. The minimum atomic E-state index is 0.323. The maximum Gasteiger partial charge on any atom is 0.177 e. The molecule has 2 atom stereocenters. The molecule has 3 aromatic heterocycles. The van der Waals surface area contributed by atoms with E-state index >= 15 is 0 Å². The number of aryl methyl sites for hydroxylation is 1. The topological polar surface area (TPSA) is 86.3 Å². The predicted molar refractivity (Wildman–Crippen MR) is 91.1 cm³/mol. The third-order valence-electron chi connectivity index (χ3n) is 4.55. The van der Waals surface area contributed by atoms with Crippen LogP contribution in [0.4, 0.5) is 5.69 Å². The summed E-state index contributed by atoms with van der Waals surface area (Å²) >= 11 is 6.20. The van der Waals surface area contributed by atoms with Crippen LogP contribution in [0.3, 0.4) is 0 Å². The summed E-state index contributed by atoms with van der Waals surface area (Å²) in [6.45, 7) is 2.86. The number of nitrogens with zero attached hydrogens (tertiary/aromatic N) is 7. The standard InChI is InChI=1S/C15H19ClN8/c1-3-17-11-7-12(16)19-15-13(11)18-8-24(15)10-5-4-9(6-10)14-20-22-23(2)21-14/h7-10H,3-6H2,1-2H3,(H,17,19). The lowest BCUT2D eigenvalue weighted by Crippen LogP contribution is -2.06. The van der Waals surface area contributed by atoms with Gasteiger partial charge in [0, 0.05) is 24.6 Å². The summed E-state index contributed by atoms with van der Waals surface area (Å²) in [5.74, 6) is 1.15. The summed E-state index contributed by atoms with van der Waals surface area (Å²) in [5, 5.41) is 16.2. The number of fused-ring (bicyclic) bond motifs is 1. The molecular formula is C15H19ClN8. The molecule has 3 heterocycles. The highest BCUT2D eigenvalue weighted by Crippen LogP contribution is 2.41. The predicted octanol–water partition coefficient (Wildman–Crippen LogP) is 2.55. The molecular weight excluding hydrogens is 328 g/mol. The zero-order valence-corrected chi connectivity index (χ0v) is 14.4. The zero-order valence-electron chi connectivity index (χ0n) is 13.6. The van der Waals surface area contributed by atoms with Crippen LogP contribution in [-0.4, -0.2) is 41.3 Å². The van der Waals surface area contributed by atoms with Gasteiger partial charge in [-0.15, -0.1) is 10.2 Å². The Bertz CT molecular complexity index is 870. The van der Waals surface area contributed by atoms with Gasteiger partial charge in [-0.3, -0.25) is 0 Å². The van der Waals surface area contributed by atoms with Crippen molar-refractivity contribution in [1.82, 2.24) is 34.7 Å². The van der Waals surface area contributed by atoms with E-state index in [1.165, 1.54) is 4.80 Å². The molecule has 0 aliphatic heterocycles. The molecule has 0 radical (unpaired) electrons. The molecule has 1 fully saturated rings. The maximum absolute atomic E-state index is 6.20. The Labute approximate surface area is 144 Å². The van der Waals surface area contributed by atoms with E-state index in [0.29, 0.717) is 17.1 Å². The first kappa shape index (κ1) is 15.3. The van der Waals surface area contributed by atoms with Crippen molar-refractivity contribution in [3.8, 4) is 0 Å². The van der Waals surface area contributed by atoms with Crippen molar-refractivity contribution < 1.29 is 0 Å². The lowest BCUT2D eigenvalue weighted by atomic mass is 10.1. The normalized spacial score (nSPS) is 20.8. The van der Waals surface area contributed by atoms with E-state index < -0.39 is 0 Å². The van der Waals surface area contributed by atoms with Crippen molar-refractivity contribution in [1.29, 1.82) is 0 Å². The lowest BCUT2D eigenvalue weighted by molar-refractivity contribution is 0.515.